The highest BCUT2D eigenvalue weighted by atomic mass is 16.5. The van der Waals surface area contributed by atoms with Crippen molar-refractivity contribution in [3.05, 3.63) is 53.1 Å². The maximum Gasteiger partial charge on any atom is 0.257 e. The third-order valence-corrected chi connectivity index (χ3v) is 3.91. The number of nitrogens with one attached hydrogen (secondary N) is 1. The number of hydrogen-bond acceptors (Lipinski definition) is 4. The molecule has 2 rings (SSSR count). The van der Waals surface area contributed by atoms with Gasteiger partial charge >= 0.3 is 0 Å². The molecule has 146 valence electrons. The molecule has 0 bridgehead atoms. The van der Waals surface area contributed by atoms with Crippen LogP contribution >= 0.6 is 0 Å². The van der Waals surface area contributed by atoms with Crippen LogP contribution in [0.1, 0.15) is 30.5 Å². The first-order valence-corrected chi connectivity index (χ1v) is 9.38. The third-order valence-electron chi connectivity index (χ3n) is 3.91. The molecule has 0 aromatic heterocycles. The van der Waals surface area contributed by atoms with Crippen LogP contribution in [0.25, 0.3) is 0 Å². The van der Waals surface area contributed by atoms with Crippen molar-refractivity contribution in [3.63, 3.8) is 0 Å². The summed E-state index contributed by atoms with van der Waals surface area (Å²) in [6, 6.07) is 11.8. The molecule has 0 aliphatic heterocycles. The lowest BCUT2D eigenvalue weighted by atomic mass is 10.1. The summed E-state index contributed by atoms with van der Waals surface area (Å²) in [6.45, 7) is 9.62. The SMILES string of the molecule is CCOc1ccc(CCNC(=O)COc2cc(C)cc(C)c2)cc1OCC. The van der Waals surface area contributed by atoms with Crippen molar-refractivity contribution in [1.29, 1.82) is 0 Å². The van der Waals surface area contributed by atoms with Crippen molar-refractivity contribution in [2.45, 2.75) is 34.1 Å². The van der Waals surface area contributed by atoms with Gasteiger partial charge in [-0.25, -0.2) is 0 Å². The average molecular weight is 371 g/mol. The van der Waals surface area contributed by atoms with Crippen molar-refractivity contribution in [1.82, 2.24) is 5.32 Å². The number of carbonyl (C=O) groups excluding carboxylic acids is 1. The Balaban J connectivity index is 1.81. The number of rotatable bonds is 10. The summed E-state index contributed by atoms with van der Waals surface area (Å²) in [5.74, 6) is 2.07. The van der Waals surface area contributed by atoms with E-state index in [-0.39, 0.29) is 12.5 Å². The minimum Gasteiger partial charge on any atom is -0.490 e. The lowest BCUT2D eigenvalue weighted by molar-refractivity contribution is -0.123. The van der Waals surface area contributed by atoms with Crippen LogP contribution in [0.15, 0.2) is 36.4 Å². The largest absolute Gasteiger partial charge is 0.490 e. The zero-order valence-electron chi connectivity index (χ0n) is 16.6. The number of carbonyl (C=O) groups is 1. The van der Waals surface area contributed by atoms with Gasteiger partial charge in [0.25, 0.3) is 5.91 Å². The van der Waals surface area contributed by atoms with E-state index in [1.165, 1.54) is 0 Å². The third kappa shape index (κ3) is 6.85. The molecule has 0 atom stereocenters. The molecule has 2 aromatic rings. The van der Waals surface area contributed by atoms with Crippen LogP contribution in [0, 0.1) is 13.8 Å². The monoisotopic (exact) mass is 371 g/mol. The lowest BCUT2D eigenvalue weighted by Crippen LogP contribution is -2.30. The van der Waals surface area contributed by atoms with E-state index in [9.17, 15) is 4.79 Å². The summed E-state index contributed by atoms with van der Waals surface area (Å²) < 4.78 is 16.8. The smallest absolute Gasteiger partial charge is 0.257 e. The van der Waals surface area contributed by atoms with E-state index >= 15 is 0 Å². The second kappa shape index (κ2) is 10.5. The van der Waals surface area contributed by atoms with E-state index in [0.29, 0.717) is 26.2 Å². The zero-order chi connectivity index (χ0) is 19.6. The molecule has 27 heavy (non-hydrogen) atoms. The van der Waals surface area contributed by atoms with Crippen molar-refractivity contribution in [2.75, 3.05) is 26.4 Å². The van der Waals surface area contributed by atoms with Crippen molar-refractivity contribution in [2.24, 2.45) is 0 Å². The van der Waals surface area contributed by atoms with Gasteiger partial charge in [0, 0.05) is 6.54 Å². The van der Waals surface area contributed by atoms with E-state index in [0.717, 1.165) is 33.9 Å². The van der Waals surface area contributed by atoms with Gasteiger partial charge < -0.3 is 19.5 Å². The van der Waals surface area contributed by atoms with Crippen LogP contribution in [0.4, 0.5) is 0 Å². The quantitative estimate of drug-likeness (QED) is 0.689. The minimum absolute atomic E-state index is 0.0103. The van der Waals surface area contributed by atoms with E-state index in [4.69, 9.17) is 14.2 Å². The Kier molecular flexibility index (Phi) is 7.99. The Morgan fingerprint density at radius 2 is 1.56 bits per heavy atom. The highest BCUT2D eigenvalue weighted by Gasteiger charge is 2.07. The Hall–Kier alpha value is -2.69. The maximum absolute atomic E-state index is 12.0. The predicted molar refractivity (Wildman–Crippen MR) is 107 cm³/mol. The molecule has 0 fully saturated rings. The molecule has 0 saturated carbocycles. The number of aryl methyl sites for hydroxylation is 2. The van der Waals surface area contributed by atoms with Gasteiger partial charge in [0.2, 0.25) is 0 Å². The van der Waals surface area contributed by atoms with Crippen LogP contribution in [0.2, 0.25) is 0 Å². The standard InChI is InChI=1S/C22H29NO4/c1-5-25-20-8-7-18(14-21(20)26-6-2)9-10-23-22(24)15-27-19-12-16(3)11-17(4)13-19/h7-8,11-14H,5-6,9-10,15H2,1-4H3,(H,23,24). The highest BCUT2D eigenvalue weighted by molar-refractivity contribution is 5.77. The average Bonchev–Trinajstić information content (AvgIpc) is 2.62. The predicted octanol–water partition coefficient (Wildman–Crippen LogP) is 3.84. The van der Waals surface area contributed by atoms with Gasteiger partial charge in [0.15, 0.2) is 18.1 Å². The fourth-order valence-electron chi connectivity index (χ4n) is 2.81. The van der Waals surface area contributed by atoms with Crippen LogP contribution in [-0.2, 0) is 11.2 Å². The van der Waals surface area contributed by atoms with Gasteiger partial charge in [-0.1, -0.05) is 12.1 Å². The summed E-state index contributed by atoms with van der Waals surface area (Å²) in [5, 5.41) is 2.89. The summed E-state index contributed by atoms with van der Waals surface area (Å²) in [6.07, 6.45) is 0.710. The molecule has 5 heteroatoms. The molecule has 0 spiro atoms. The Bertz CT molecular complexity index is 738. The molecule has 5 nitrogen and oxygen atoms in total. The van der Waals surface area contributed by atoms with Gasteiger partial charge in [-0.05, 0) is 75.1 Å². The van der Waals surface area contributed by atoms with Crippen LogP contribution in [0.3, 0.4) is 0 Å². The lowest BCUT2D eigenvalue weighted by Gasteiger charge is -2.13. The van der Waals surface area contributed by atoms with Gasteiger partial charge in [0.1, 0.15) is 5.75 Å². The molecule has 0 aliphatic carbocycles. The Labute approximate surface area is 161 Å². The Morgan fingerprint density at radius 3 is 2.22 bits per heavy atom. The molecule has 0 aliphatic rings. The molecule has 0 radical (unpaired) electrons. The van der Waals surface area contributed by atoms with Gasteiger partial charge in [-0.3, -0.25) is 4.79 Å². The number of amides is 1. The molecule has 2 aromatic carbocycles. The van der Waals surface area contributed by atoms with Crippen molar-refractivity contribution in [3.8, 4) is 17.2 Å². The van der Waals surface area contributed by atoms with Crippen LogP contribution in [-0.4, -0.2) is 32.3 Å². The molecule has 1 amide bonds. The molecule has 0 saturated heterocycles. The second-order valence-electron chi connectivity index (χ2n) is 6.36. The fraction of sp³-hybridized carbons (Fsp3) is 0.409. The minimum atomic E-state index is -0.134. The number of hydrogen-bond donors (Lipinski definition) is 1. The fourth-order valence-corrected chi connectivity index (χ4v) is 2.81. The van der Waals surface area contributed by atoms with E-state index in [1.54, 1.807) is 0 Å². The first-order chi connectivity index (χ1) is 13.0. The number of ether oxygens (including phenoxy) is 3. The van der Waals surface area contributed by atoms with Crippen molar-refractivity contribution >= 4 is 5.91 Å². The molecule has 1 N–H and O–H groups in total. The van der Waals surface area contributed by atoms with E-state index in [1.807, 2.05) is 58.0 Å². The summed E-state index contributed by atoms with van der Waals surface area (Å²) in [5.41, 5.74) is 3.31. The molecular formula is C22H29NO4. The molecule has 0 heterocycles. The zero-order valence-corrected chi connectivity index (χ0v) is 16.6. The van der Waals surface area contributed by atoms with Crippen molar-refractivity contribution < 1.29 is 19.0 Å². The van der Waals surface area contributed by atoms with Gasteiger partial charge in [-0.15, -0.1) is 0 Å². The van der Waals surface area contributed by atoms with Gasteiger partial charge in [-0.2, -0.15) is 0 Å². The van der Waals surface area contributed by atoms with E-state index < -0.39 is 0 Å². The van der Waals surface area contributed by atoms with Crippen LogP contribution in [0.5, 0.6) is 17.2 Å². The maximum atomic E-state index is 12.0. The first-order valence-electron chi connectivity index (χ1n) is 9.38. The molecular weight excluding hydrogens is 342 g/mol. The van der Waals surface area contributed by atoms with Crippen LogP contribution < -0.4 is 19.5 Å². The van der Waals surface area contributed by atoms with Gasteiger partial charge in [0.05, 0.1) is 13.2 Å². The number of benzene rings is 2. The highest BCUT2D eigenvalue weighted by Crippen LogP contribution is 2.28. The molecule has 0 unspecified atom stereocenters. The summed E-state index contributed by atoms with van der Waals surface area (Å²) in [4.78, 5) is 12.0. The first kappa shape index (κ1) is 20.6. The topological polar surface area (TPSA) is 56.8 Å². The normalized spacial score (nSPS) is 10.4. The van der Waals surface area contributed by atoms with E-state index in [2.05, 4.69) is 11.4 Å². The Morgan fingerprint density at radius 1 is 0.889 bits per heavy atom. The second-order valence-corrected chi connectivity index (χ2v) is 6.36. The summed E-state index contributed by atoms with van der Waals surface area (Å²) in [7, 11) is 0. The summed E-state index contributed by atoms with van der Waals surface area (Å²) >= 11 is 0.